The Bertz CT molecular complexity index is 871. The molecule has 6 nitrogen and oxygen atoms in total. The maximum Gasteiger partial charge on any atom is 0.229 e. The average molecular weight is 326 g/mol. The molecule has 3 rings (SSSR count). The highest BCUT2D eigenvalue weighted by atomic mass is 32.1. The van der Waals surface area contributed by atoms with E-state index < -0.39 is 0 Å². The molecule has 2 aromatic heterocycles. The number of amides is 1. The number of aromatic nitrogens is 2. The van der Waals surface area contributed by atoms with E-state index in [2.05, 4.69) is 20.6 Å². The predicted molar refractivity (Wildman–Crippen MR) is 92.0 cm³/mol. The van der Waals surface area contributed by atoms with Crippen LogP contribution in [0.2, 0.25) is 0 Å². The van der Waals surface area contributed by atoms with E-state index in [9.17, 15) is 4.79 Å². The van der Waals surface area contributed by atoms with E-state index >= 15 is 0 Å². The molecule has 0 spiro atoms. The average Bonchev–Trinajstić information content (AvgIpc) is 2.92. The van der Waals surface area contributed by atoms with E-state index in [1.54, 1.807) is 12.3 Å². The topological polar surface area (TPSA) is 80.0 Å². The van der Waals surface area contributed by atoms with Gasteiger partial charge in [0.15, 0.2) is 16.3 Å². The molecule has 0 aliphatic heterocycles. The van der Waals surface area contributed by atoms with E-state index in [-0.39, 0.29) is 11.0 Å². The van der Waals surface area contributed by atoms with Crippen molar-refractivity contribution in [3.63, 3.8) is 0 Å². The Labute approximate surface area is 137 Å². The van der Waals surface area contributed by atoms with Gasteiger partial charge in [-0.05, 0) is 49.0 Å². The molecule has 23 heavy (non-hydrogen) atoms. The first-order valence-electron chi connectivity index (χ1n) is 6.94. The van der Waals surface area contributed by atoms with Crippen LogP contribution in [0.4, 0.5) is 5.69 Å². The molecule has 0 fully saturated rings. The molecule has 0 atom stereocenters. The number of benzene rings is 1. The van der Waals surface area contributed by atoms with E-state index in [4.69, 9.17) is 16.6 Å². The highest BCUT2D eigenvalue weighted by Crippen LogP contribution is 2.29. The first-order chi connectivity index (χ1) is 11.0. The van der Waals surface area contributed by atoms with E-state index in [1.807, 2.05) is 31.2 Å². The maximum absolute atomic E-state index is 11.0. The van der Waals surface area contributed by atoms with Gasteiger partial charge in [-0.15, -0.1) is 0 Å². The number of nitrogens with one attached hydrogen (secondary N) is 2. The van der Waals surface area contributed by atoms with Crippen molar-refractivity contribution in [2.45, 2.75) is 13.8 Å². The third-order valence-corrected chi connectivity index (χ3v) is 3.47. The molecule has 0 unspecified atom stereocenters. The summed E-state index contributed by atoms with van der Waals surface area (Å²) in [6.07, 6.45) is 1.67. The summed E-state index contributed by atoms with van der Waals surface area (Å²) in [5, 5.41) is 5.78. The maximum atomic E-state index is 11.0. The fourth-order valence-corrected chi connectivity index (χ4v) is 2.45. The first kappa shape index (κ1) is 15.1. The Hall–Kier alpha value is -2.80. The standard InChI is InChI=1S/C16H14N4O2S/c1-9-11(15-20-14-13(22-15)7-4-8-17-14)5-3-6-12(9)19-16(23)18-10(2)21/h3-8H,1-2H3,(H2,18,19,21,23). The zero-order valence-corrected chi connectivity index (χ0v) is 13.4. The molecular weight excluding hydrogens is 312 g/mol. The van der Waals surface area contributed by atoms with Crippen molar-refractivity contribution in [2.75, 3.05) is 5.32 Å². The van der Waals surface area contributed by atoms with Crippen LogP contribution < -0.4 is 10.6 Å². The molecule has 1 amide bonds. The second kappa shape index (κ2) is 6.13. The van der Waals surface area contributed by atoms with Gasteiger partial charge in [-0.1, -0.05) is 6.07 Å². The number of pyridine rings is 1. The molecule has 2 N–H and O–H groups in total. The summed E-state index contributed by atoms with van der Waals surface area (Å²) >= 11 is 5.09. The van der Waals surface area contributed by atoms with Gasteiger partial charge in [0, 0.05) is 24.4 Å². The Morgan fingerprint density at radius 1 is 1.26 bits per heavy atom. The van der Waals surface area contributed by atoms with Crippen LogP contribution in [0.25, 0.3) is 22.7 Å². The van der Waals surface area contributed by atoms with E-state index in [0.29, 0.717) is 17.1 Å². The van der Waals surface area contributed by atoms with Gasteiger partial charge in [-0.25, -0.2) is 4.98 Å². The second-order valence-corrected chi connectivity index (χ2v) is 5.37. The summed E-state index contributed by atoms with van der Waals surface area (Å²) in [6.45, 7) is 3.33. The summed E-state index contributed by atoms with van der Waals surface area (Å²) in [5.41, 5.74) is 3.71. The first-order valence-corrected chi connectivity index (χ1v) is 7.35. The fourth-order valence-electron chi connectivity index (χ4n) is 2.20. The summed E-state index contributed by atoms with van der Waals surface area (Å²) in [6, 6.07) is 9.26. The smallest absolute Gasteiger partial charge is 0.229 e. The molecular formula is C16H14N4O2S. The largest absolute Gasteiger partial charge is 0.434 e. The van der Waals surface area contributed by atoms with Crippen molar-refractivity contribution in [1.82, 2.24) is 15.3 Å². The van der Waals surface area contributed by atoms with Gasteiger partial charge < -0.3 is 15.1 Å². The molecule has 0 aliphatic rings. The number of thiocarbonyl (C=S) groups is 1. The number of carbonyl (C=O) groups excluding carboxylic acids is 1. The fraction of sp³-hybridized carbons (Fsp3) is 0.125. The Kier molecular flexibility index (Phi) is 4.03. The van der Waals surface area contributed by atoms with Gasteiger partial charge in [0.2, 0.25) is 11.8 Å². The number of fused-ring (bicyclic) bond motifs is 1. The van der Waals surface area contributed by atoms with Crippen LogP contribution in [0.1, 0.15) is 12.5 Å². The lowest BCUT2D eigenvalue weighted by Gasteiger charge is -2.12. The molecule has 7 heteroatoms. The minimum absolute atomic E-state index is 0.221. The number of nitrogens with zero attached hydrogens (tertiary/aromatic N) is 2. The van der Waals surface area contributed by atoms with E-state index in [0.717, 1.165) is 16.8 Å². The van der Waals surface area contributed by atoms with E-state index in [1.165, 1.54) is 6.92 Å². The molecule has 0 saturated heterocycles. The summed E-state index contributed by atoms with van der Waals surface area (Å²) in [4.78, 5) is 19.6. The minimum Gasteiger partial charge on any atom is -0.434 e. The molecule has 0 saturated carbocycles. The summed E-state index contributed by atoms with van der Waals surface area (Å²) in [7, 11) is 0. The molecule has 0 aliphatic carbocycles. The van der Waals surface area contributed by atoms with Gasteiger partial charge >= 0.3 is 0 Å². The molecule has 2 heterocycles. The van der Waals surface area contributed by atoms with Crippen LogP contribution >= 0.6 is 12.2 Å². The van der Waals surface area contributed by atoms with Crippen LogP contribution in [-0.2, 0) is 4.79 Å². The minimum atomic E-state index is -0.221. The van der Waals surface area contributed by atoms with Crippen LogP contribution in [0, 0.1) is 6.92 Å². The lowest BCUT2D eigenvalue weighted by Crippen LogP contribution is -2.32. The van der Waals surface area contributed by atoms with Crippen LogP contribution in [-0.4, -0.2) is 21.0 Å². The number of anilines is 1. The third-order valence-electron chi connectivity index (χ3n) is 3.27. The van der Waals surface area contributed by atoms with Gasteiger partial charge in [-0.2, -0.15) is 4.98 Å². The van der Waals surface area contributed by atoms with Gasteiger partial charge in [0.25, 0.3) is 0 Å². The van der Waals surface area contributed by atoms with Gasteiger partial charge in [0.05, 0.1) is 0 Å². The van der Waals surface area contributed by atoms with Crippen molar-refractivity contribution < 1.29 is 9.21 Å². The predicted octanol–water partition coefficient (Wildman–Crippen LogP) is 3.03. The normalized spacial score (nSPS) is 10.5. The zero-order valence-electron chi connectivity index (χ0n) is 12.6. The monoisotopic (exact) mass is 326 g/mol. The van der Waals surface area contributed by atoms with Crippen molar-refractivity contribution in [3.8, 4) is 11.5 Å². The Balaban J connectivity index is 1.96. The van der Waals surface area contributed by atoms with Crippen molar-refractivity contribution in [3.05, 3.63) is 42.1 Å². The number of hydrogen-bond acceptors (Lipinski definition) is 5. The van der Waals surface area contributed by atoms with Crippen molar-refractivity contribution in [2.24, 2.45) is 0 Å². The lowest BCUT2D eigenvalue weighted by molar-refractivity contribution is -0.117. The van der Waals surface area contributed by atoms with Crippen LogP contribution in [0.3, 0.4) is 0 Å². The number of oxazole rings is 1. The van der Waals surface area contributed by atoms with Crippen LogP contribution in [0.15, 0.2) is 40.9 Å². The molecule has 3 aromatic rings. The third kappa shape index (κ3) is 3.19. The molecule has 0 radical (unpaired) electrons. The Morgan fingerprint density at radius 3 is 2.83 bits per heavy atom. The SMILES string of the molecule is CC(=O)NC(=S)Nc1cccc(-c2nc3ncccc3o2)c1C. The highest BCUT2D eigenvalue weighted by molar-refractivity contribution is 7.80. The highest BCUT2D eigenvalue weighted by Gasteiger charge is 2.13. The summed E-state index contributed by atoms with van der Waals surface area (Å²) in [5.74, 6) is 0.270. The number of rotatable bonds is 2. The van der Waals surface area contributed by atoms with Crippen LogP contribution in [0.5, 0.6) is 0 Å². The molecule has 116 valence electrons. The van der Waals surface area contributed by atoms with Gasteiger partial charge in [0.1, 0.15) is 0 Å². The lowest BCUT2D eigenvalue weighted by atomic mass is 10.1. The zero-order chi connectivity index (χ0) is 16.4. The second-order valence-electron chi connectivity index (χ2n) is 4.96. The number of carbonyl (C=O) groups is 1. The Morgan fingerprint density at radius 2 is 2.09 bits per heavy atom. The summed E-state index contributed by atoms with van der Waals surface area (Å²) < 4.78 is 5.76. The van der Waals surface area contributed by atoms with Gasteiger partial charge in [-0.3, -0.25) is 4.79 Å². The van der Waals surface area contributed by atoms with Crippen molar-refractivity contribution in [1.29, 1.82) is 0 Å². The van der Waals surface area contributed by atoms with Crippen molar-refractivity contribution >= 4 is 40.2 Å². The molecule has 0 bridgehead atoms. The molecule has 1 aromatic carbocycles. The quantitative estimate of drug-likeness (QED) is 0.705. The number of hydrogen-bond donors (Lipinski definition) is 2.